The van der Waals surface area contributed by atoms with Crippen LogP contribution in [-0.2, 0) is 9.53 Å². The van der Waals surface area contributed by atoms with Crippen molar-refractivity contribution in [2.45, 2.75) is 32.7 Å². The van der Waals surface area contributed by atoms with Gasteiger partial charge in [0.1, 0.15) is 0 Å². The molecule has 1 aliphatic heterocycles. The van der Waals surface area contributed by atoms with Gasteiger partial charge < -0.3 is 14.9 Å². The van der Waals surface area contributed by atoms with E-state index in [1.54, 1.807) is 0 Å². The summed E-state index contributed by atoms with van der Waals surface area (Å²) in [5.74, 6) is -0.792. The zero-order valence-corrected chi connectivity index (χ0v) is 11.4. The van der Waals surface area contributed by atoms with Crippen LogP contribution in [0.3, 0.4) is 0 Å². The molecular weight excluding hydrogens is 236 g/mol. The normalized spacial score (nSPS) is 20.9. The number of piperazine rings is 1. The molecule has 1 saturated heterocycles. The first-order valence-electron chi connectivity index (χ1n) is 6.28. The van der Waals surface area contributed by atoms with E-state index < -0.39 is 12.3 Å². The first-order valence-corrected chi connectivity index (χ1v) is 6.28. The maximum atomic E-state index is 10.6. The van der Waals surface area contributed by atoms with Gasteiger partial charge >= 0.3 is 5.97 Å². The number of aliphatic carboxylic acids is 1. The molecule has 0 amide bonds. The van der Waals surface area contributed by atoms with Crippen molar-refractivity contribution in [1.29, 1.82) is 0 Å². The average Bonchev–Trinajstić information content (AvgIpc) is 2.17. The fourth-order valence-corrected chi connectivity index (χ4v) is 1.99. The molecule has 6 nitrogen and oxygen atoms in total. The third-order valence-corrected chi connectivity index (χ3v) is 2.73. The molecule has 1 rings (SSSR count). The van der Waals surface area contributed by atoms with Crippen molar-refractivity contribution >= 4 is 5.97 Å². The molecule has 18 heavy (non-hydrogen) atoms. The van der Waals surface area contributed by atoms with Gasteiger partial charge in [0.2, 0.25) is 0 Å². The Hall–Kier alpha value is -0.690. The Morgan fingerprint density at radius 1 is 1.22 bits per heavy atom. The molecule has 106 valence electrons. The van der Waals surface area contributed by atoms with Crippen LogP contribution in [0.5, 0.6) is 0 Å². The molecule has 0 aliphatic carbocycles. The first kappa shape index (κ1) is 15.4. The molecular formula is C12H24N2O4. The highest BCUT2D eigenvalue weighted by atomic mass is 16.6. The Balaban J connectivity index is 2.25. The van der Waals surface area contributed by atoms with Crippen LogP contribution in [0.2, 0.25) is 0 Å². The number of hydrogen-bond donors (Lipinski definition) is 2. The minimum Gasteiger partial charge on any atom is -0.480 e. The van der Waals surface area contributed by atoms with Gasteiger partial charge in [-0.1, -0.05) is 0 Å². The zero-order valence-electron chi connectivity index (χ0n) is 11.4. The molecule has 2 N–H and O–H groups in total. The molecule has 1 fully saturated rings. The monoisotopic (exact) mass is 260 g/mol. The lowest BCUT2D eigenvalue weighted by atomic mass is 10.2. The largest absolute Gasteiger partial charge is 0.480 e. The average molecular weight is 260 g/mol. The molecule has 1 heterocycles. The van der Waals surface area contributed by atoms with Gasteiger partial charge in [-0.15, -0.1) is 0 Å². The van der Waals surface area contributed by atoms with E-state index >= 15 is 0 Å². The topological polar surface area (TPSA) is 73.2 Å². The number of hydrogen-bond acceptors (Lipinski definition) is 5. The molecule has 0 aromatic carbocycles. The van der Waals surface area contributed by atoms with Crippen molar-refractivity contribution in [3.8, 4) is 0 Å². The second-order valence-corrected chi connectivity index (χ2v) is 5.66. The van der Waals surface area contributed by atoms with Gasteiger partial charge in [0.15, 0.2) is 6.29 Å². The van der Waals surface area contributed by atoms with E-state index in [4.69, 9.17) is 9.84 Å². The summed E-state index contributed by atoms with van der Waals surface area (Å²) in [6.45, 7) is 9.23. The van der Waals surface area contributed by atoms with E-state index in [0.29, 0.717) is 19.6 Å². The second kappa shape index (κ2) is 6.47. The molecule has 0 saturated carbocycles. The number of nitrogens with zero attached hydrogens (tertiary/aromatic N) is 2. The summed E-state index contributed by atoms with van der Waals surface area (Å²) in [5.41, 5.74) is -0.357. The number of aliphatic hydroxyl groups excluding tert-OH is 1. The van der Waals surface area contributed by atoms with E-state index in [1.165, 1.54) is 0 Å². The van der Waals surface area contributed by atoms with E-state index in [-0.39, 0.29) is 12.1 Å². The van der Waals surface area contributed by atoms with Gasteiger partial charge in [-0.2, -0.15) is 0 Å². The van der Waals surface area contributed by atoms with Crippen molar-refractivity contribution < 1.29 is 19.7 Å². The van der Waals surface area contributed by atoms with Crippen LogP contribution < -0.4 is 0 Å². The maximum absolute atomic E-state index is 10.6. The van der Waals surface area contributed by atoms with Crippen LogP contribution >= 0.6 is 0 Å². The van der Waals surface area contributed by atoms with Gasteiger partial charge in [-0.05, 0) is 20.8 Å². The van der Waals surface area contributed by atoms with E-state index in [2.05, 4.69) is 4.90 Å². The summed E-state index contributed by atoms with van der Waals surface area (Å²) < 4.78 is 5.44. The Morgan fingerprint density at radius 3 is 2.17 bits per heavy atom. The van der Waals surface area contributed by atoms with Crippen LogP contribution in [-0.4, -0.2) is 77.1 Å². The summed E-state index contributed by atoms with van der Waals surface area (Å²) in [7, 11) is 0. The third kappa shape index (κ3) is 6.30. The lowest BCUT2D eigenvalue weighted by Gasteiger charge is -2.35. The number of aliphatic hydroxyl groups is 1. The molecule has 0 radical (unpaired) electrons. The van der Waals surface area contributed by atoms with Crippen molar-refractivity contribution in [1.82, 2.24) is 9.80 Å². The standard InChI is InChI=1S/C12H24N2O4/c1-12(2,3)18-11(17)9-14-6-4-13(5-7-14)8-10(15)16/h11,17H,4-9H2,1-3H3,(H,15,16). The lowest BCUT2D eigenvalue weighted by molar-refractivity contribution is -0.175. The Labute approximate surface area is 108 Å². The van der Waals surface area contributed by atoms with Crippen LogP contribution in [0.25, 0.3) is 0 Å². The Bertz CT molecular complexity index is 270. The predicted molar refractivity (Wildman–Crippen MR) is 67.4 cm³/mol. The minimum atomic E-state index is -0.795. The Morgan fingerprint density at radius 2 is 1.72 bits per heavy atom. The quantitative estimate of drug-likeness (QED) is 0.668. The number of carboxylic acids is 1. The molecule has 1 aliphatic rings. The van der Waals surface area contributed by atoms with Gasteiger partial charge in [-0.3, -0.25) is 14.6 Å². The number of carbonyl (C=O) groups is 1. The Kier molecular flexibility index (Phi) is 5.52. The fraction of sp³-hybridized carbons (Fsp3) is 0.917. The summed E-state index contributed by atoms with van der Waals surface area (Å²) in [5, 5.41) is 18.5. The summed E-state index contributed by atoms with van der Waals surface area (Å²) in [6, 6.07) is 0. The maximum Gasteiger partial charge on any atom is 0.317 e. The second-order valence-electron chi connectivity index (χ2n) is 5.66. The molecule has 6 heteroatoms. The highest BCUT2D eigenvalue weighted by Gasteiger charge is 2.23. The zero-order chi connectivity index (χ0) is 13.8. The molecule has 0 bridgehead atoms. The van der Waals surface area contributed by atoms with Crippen molar-refractivity contribution in [2.24, 2.45) is 0 Å². The molecule has 1 atom stereocenters. The number of carboxylic acid groups (broad SMARTS) is 1. The van der Waals surface area contributed by atoms with Gasteiger partial charge in [0, 0.05) is 32.7 Å². The molecule has 0 aromatic rings. The van der Waals surface area contributed by atoms with Gasteiger partial charge in [0.05, 0.1) is 12.1 Å². The lowest BCUT2D eigenvalue weighted by Crippen LogP contribution is -2.50. The van der Waals surface area contributed by atoms with Crippen LogP contribution in [0, 0.1) is 0 Å². The smallest absolute Gasteiger partial charge is 0.317 e. The van der Waals surface area contributed by atoms with E-state index in [1.807, 2.05) is 25.7 Å². The third-order valence-electron chi connectivity index (χ3n) is 2.73. The van der Waals surface area contributed by atoms with Gasteiger partial charge in [0.25, 0.3) is 0 Å². The van der Waals surface area contributed by atoms with Crippen molar-refractivity contribution in [2.75, 3.05) is 39.3 Å². The minimum absolute atomic E-state index is 0.0921. The summed E-state index contributed by atoms with van der Waals surface area (Å²) in [6.07, 6.45) is -0.795. The number of rotatable bonds is 5. The fourth-order valence-electron chi connectivity index (χ4n) is 1.99. The highest BCUT2D eigenvalue weighted by Crippen LogP contribution is 2.11. The van der Waals surface area contributed by atoms with Crippen LogP contribution in [0.1, 0.15) is 20.8 Å². The van der Waals surface area contributed by atoms with Crippen molar-refractivity contribution in [3.05, 3.63) is 0 Å². The van der Waals surface area contributed by atoms with Crippen LogP contribution in [0.15, 0.2) is 0 Å². The first-order chi connectivity index (χ1) is 8.26. The van der Waals surface area contributed by atoms with E-state index in [0.717, 1.165) is 13.1 Å². The summed E-state index contributed by atoms with van der Waals surface area (Å²) >= 11 is 0. The number of ether oxygens (including phenoxy) is 1. The van der Waals surface area contributed by atoms with E-state index in [9.17, 15) is 9.90 Å². The van der Waals surface area contributed by atoms with Crippen molar-refractivity contribution in [3.63, 3.8) is 0 Å². The van der Waals surface area contributed by atoms with Gasteiger partial charge in [-0.25, -0.2) is 0 Å². The number of β-amino-alcohol motifs (C(OH)–C–C–N with tert-alkyl or cyclic N) is 1. The SMILES string of the molecule is CC(C)(C)OC(O)CN1CCN(CC(=O)O)CC1. The summed E-state index contributed by atoms with van der Waals surface area (Å²) in [4.78, 5) is 14.6. The predicted octanol–water partition coefficient (Wildman–Crippen LogP) is -0.178. The molecule has 0 aromatic heterocycles. The molecule has 0 spiro atoms. The highest BCUT2D eigenvalue weighted by molar-refractivity contribution is 5.69. The molecule has 1 unspecified atom stereocenters. The van der Waals surface area contributed by atoms with Crippen LogP contribution in [0.4, 0.5) is 0 Å².